The van der Waals surface area contributed by atoms with Crippen LogP contribution in [0.2, 0.25) is 0 Å². The standard InChI is InChI=1S/C19H16BrN5O/c1-12-7-8-14(20)9-13(12)10-21-19-23-17-16(18(26)24-19)11-22-25(17)15-5-3-2-4-6-15/h2-9,11H,10H2,1H3,(H2,21,23,24,26). The summed E-state index contributed by atoms with van der Waals surface area (Å²) in [5.41, 5.74) is 3.45. The number of para-hydroxylation sites is 1. The normalized spacial score (nSPS) is 11.0. The van der Waals surface area contributed by atoms with Crippen molar-refractivity contribution in [1.82, 2.24) is 19.7 Å². The van der Waals surface area contributed by atoms with Crippen LogP contribution in [-0.4, -0.2) is 19.7 Å². The van der Waals surface area contributed by atoms with E-state index >= 15 is 0 Å². The molecule has 6 nitrogen and oxygen atoms in total. The lowest BCUT2D eigenvalue weighted by atomic mass is 10.1. The minimum atomic E-state index is -0.217. The van der Waals surface area contributed by atoms with Crippen LogP contribution in [-0.2, 0) is 6.54 Å². The molecule has 0 spiro atoms. The maximum absolute atomic E-state index is 12.4. The second-order valence-corrected chi connectivity index (χ2v) is 6.88. The number of benzene rings is 2. The second kappa shape index (κ2) is 6.76. The monoisotopic (exact) mass is 409 g/mol. The molecule has 2 aromatic carbocycles. The zero-order valence-electron chi connectivity index (χ0n) is 14.0. The maximum Gasteiger partial charge on any atom is 0.263 e. The van der Waals surface area contributed by atoms with Gasteiger partial charge in [-0.2, -0.15) is 10.1 Å². The van der Waals surface area contributed by atoms with Crippen molar-refractivity contribution in [2.75, 3.05) is 5.32 Å². The van der Waals surface area contributed by atoms with Gasteiger partial charge in [0.25, 0.3) is 5.56 Å². The Hall–Kier alpha value is -2.93. The molecule has 0 atom stereocenters. The zero-order valence-corrected chi connectivity index (χ0v) is 15.6. The van der Waals surface area contributed by atoms with Crippen LogP contribution in [0.3, 0.4) is 0 Å². The van der Waals surface area contributed by atoms with Gasteiger partial charge in [-0.1, -0.05) is 40.2 Å². The van der Waals surface area contributed by atoms with Gasteiger partial charge in [0.1, 0.15) is 5.39 Å². The third kappa shape index (κ3) is 3.13. The number of aromatic nitrogens is 4. The molecule has 0 radical (unpaired) electrons. The van der Waals surface area contributed by atoms with E-state index in [9.17, 15) is 4.79 Å². The SMILES string of the molecule is Cc1ccc(Br)cc1CNc1nc2c(cnn2-c2ccccc2)c(=O)[nH]1. The number of aryl methyl sites for hydroxylation is 1. The average molecular weight is 410 g/mol. The summed E-state index contributed by atoms with van der Waals surface area (Å²) >= 11 is 3.48. The molecule has 0 saturated carbocycles. The number of rotatable bonds is 4. The lowest BCUT2D eigenvalue weighted by Crippen LogP contribution is -2.14. The zero-order chi connectivity index (χ0) is 18.1. The Bertz CT molecular complexity index is 1130. The molecule has 26 heavy (non-hydrogen) atoms. The van der Waals surface area contributed by atoms with Crippen molar-refractivity contribution in [2.45, 2.75) is 13.5 Å². The Morgan fingerprint density at radius 3 is 2.81 bits per heavy atom. The van der Waals surface area contributed by atoms with Crippen molar-refractivity contribution < 1.29 is 0 Å². The molecule has 4 rings (SSSR count). The molecule has 7 heteroatoms. The van der Waals surface area contributed by atoms with Crippen molar-refractivity contribution in [3.8, 4) is 5.69 Å². The number of anilines is 1. The number of fused-ring (bicyclic) bond motifs is 1. The lowest BCUT2D eigenvalue weighted by molar-refractivity contribution is 0.893. The molecule has 0 aliphatic carbocycles. The molecule has 130 valence electrons. The molecular formula is C19H16BrN5O. The molecule has 0 bridgehead atoms. The predicted molar refractivity (Wildman–Crippen MR) is 106 cm³/mol. The number of H-pyrrole nitrogens is 1. The Labute approximate surface area is 158 Å². The first-order valence-electron chi connectivity index (χ1n) is 8.14. The van der Waals surface area contributed by atoms with Gasteiger partial charge in [-0.3, -0.25) is 9.78 Å². The van der Waals surface area contributed by atoms with Crippen molar-refractivity contribution in [3.63, 3.8) is 0 Å². The first-order chi connectivity index (χ1) is 12.6. The van der Waals surface area contributed by atoms with E-state index in [1.807, 2.05) is 55.5 Å². The highest BCUT2D eigenvalue weighted by atomic mass is 79.9. The number of halogens is 1. The van der Waals surface area contributed by atoms with Crippen LogP contribution < -0.4 is 10.9 Å². The van der Waals surface area contributed by atoms with E-state index < -0.39 is 0 Å². The van der Waals surface area contributed by atoms with E-state index in [2.05, 4.69) is 36.3 Å². The summed E-state index contributed by atoms with van der Waals surface area (Å²) in [7, 11) is 0. The first-order valence-corrected chi connectivity index (χ1v) is 8.93. The van der Waals surface area contributed by atoms with E-state index in [-0.39, 0.29) is 5.56 Å². The Kier molecular flexibility index (Phi) is 4.30. The molecule has 2 aromatic heterocycles. The fraction of sp³-hybridized carbons (Fsp3) is 0.105. The van der Waals surface area contributed by atoms with Crippen LogP contribution in [0.15, 0.2) is 64.0 Å². The highest BCUT2D eigenvalue weighted by Crippen LogP contribution is 2.18. The van der Waals surface area contributed by atoms with E-state index in [1.54, 1.807) is 4.68 Å². The van der Waals surface area contributed by atoms with Crippen LogP contribution in [0.4, 0.5) is 5.95 Å². The fourth-order valence-corrected chi connectivity index (χ4v) is 3.18. The van der Waals surface area contributed by atoms with Gasteiger partial charge in [0.2, 0.25) is 5.95 Å². The number of hydrogen-bond donors (Lipinski definition) is 2. The van der Waals surface area contributed by atoms with Crippen LogP contribution in [0.25, 0.3) is 16.7 Å². The third-order valence-corrected chi connectivity index (χ3v) is 4.69. The van der Waals surface area contributed by atoms with Gasteiger partial charge in [-0.15, -0.1) is 0 Å². The molecule has 0 amide bonds. The molecule has 0 saturated heterocycles. The Balaban J connectivity index is 1.70. The van der Waals surface area contributed by atoms with Crippen molar-refractivity contribution >= 4 is 32.9 Å². The van der Waals surface area contributed by atoms with E-state index in [0.29, 0.717) is 23.5 Å². The molecule has 0 aliphatic heterocycles. The highest BCUT2D eigenvalue weighted by Gasteiger charge is 2.11. The largest absolute Gasteiger partial charge is 0.352 e. The molecule has 4 aromatic rings. The summed E-state index contributed by atoms with van der Waals surface area (Å²) in [5.74, 6) is 0.416. The number of aromatic amines is 1. The molecular weight excluding hydrogens is 394 g/mol. The maximum atomic E-state index is 12.4. The van der Waals surface area contributed by atoms with Crippen molar-refractivity contribution in [3.05, 3.63) is 80.7 Å². The van der Waals surface area contributed by atoms with Crippen molar-refractivity contribution in [2.24, 2.45) is 0 Å². The van der Waals surface area contributed by atoms with Gasteiger partial charge in [-0.05, 0) is 42.3 Å². The van der Waals surface area contributed by atoms with Gasteiger partial charge in [0.05, 0.1) is 11.9 Å². The van der Waals surface area contributed by atoms with Crippen LogP contribution in [0.1, 0.15) is 11.1 Å². The van der Waals surface area contributed by atoms with Gasteiger partial charge in [0.15, 0.2) is 5.65 Å². The third-order valence-electron chi connectivity index (χ3n) is 4.20. The topological polar surface area (TPSA) is 75.6 Å². The van der Waals surface area contributed by atoms with Crippen LogP contribution in [0, 0.1) is 6.92 Å². The highest BCUT2D eigenvalue weighted by molar-refractivity contribution is 9.10. The predicted octanol–water partition coefficient (Wildman–Crippen LogP) is 3.79. The lowest BCUT2D eigenvalue weighted by Gasteiger charge is -2.09. The number of hydrogen-bond acceptors (Lipinski definition) is 4. The van der Waals surface area contributed by atoms with Gasteiger partial charge >= 0.3 is 0 Å². The Morgan fingerprint density at radius 1 is 1.19 bits per heavy atom. The second-order valence-electron chi connectivity index (χ2n) is 5.97. The minimum Gasteiger partial charge on any atom is -0.352 e. The van der Waals surface area contributed by atoms with Crippen LogP contribution in [0.5, 0.6) is 0 Å². The summed E-state index contributed by atoms with van der Waals surface area (Å²) in [4.78, 5) is 19.7. The van der Waals surface area contributed by atoms with Crippen molar-refractivity contribution in [1.29, 1.82) is 0 Å². The van der Waals surface area contributed by atoms with Gasteiger partial charge in [0, 0.05) is 11.0 Å². The summed E-state index contributed by atoms with van der Waals surface area (Å²) < 4.78 is 2.68. The quantitative estimate of drug-likeness (QED) is 0.537. The fourth-order valence-electron chi connectivity index (χ4n) is 2.77. The Morgan fingerprint density at radius 2 is 2.00 bits per heavy atom. The smallest absolute Gasteiger partial charge is 0.263 e. The number of nitrogens with one attached hydrogen (secondary N) is 2. The summed E-state index contributed by atoms with van der Waals surface area (Å²) in [5, 5.41) is 7.97. The molecule has 0 unspecified atom stereocenters. The number of nitrogens with zero attached hydrogens (tertiary/aromatic N) is 3. The summed E-state index contributed by atoms with van der Waals surface area (Å²) in [6.45, 7) is 2.60. The summed E-state index contributed by atoms with van der Waals surface area (Å²) in [6, 6.07) is 15.7. The molecule has 0 fully saturated rings. The van der Waals surface area contributed by atoms with E-state index in [1.165, 1.54) is 11.8 Å². The minimum absolute atomic E-state index is 0.217. The van der Waals surface area contributed by atoms with Gasteiger partial charge in [-0.25, -0.2) is 4.68 Å². The summed E-state index contributed by atoms with van der Waals surface area (Å²) in [6.07, 6.45) is 1.54. The molecule has 0 aliphatic rings. The molecule has 2 N–H and O–H groups in total. The molecule has 2 heterocycles. The average Bonchev–Trinajstić information content (AvgIpc) is 3.08. The van der Waals surface area contributed by atoms with Gasteiger partial charge < -0.3 is 5.32 Å². The first kappa shape index (κ1) is 16.5. The van der Waals surface area contributed by atoms with Crippen LogP contribution >= 0.6 is 15.9 Å². The van der Waals surface area contributed by atoms with E-state index in [4.69, 9.17) is 0 Å². The van der Waals surface area contributed by atoms with E-state index in [0.717, 1.165) is 15.7 Å².